The fourth-order valence-electron chi connectivity index (χ4n) is 3.81. The van der Waals surface area contributed by atoms with Gasteiger partial charge in [-0.25, -0.2) is 4.39 Å². The smallest absolute Gasteiger partial charge is 0.245 e. The first kappa shape index (κ1) is 18.1. The highest BCUT2D eigenvalue weighted by Crippen LogP contribution is 2.35. The molecule has 6 heteroatoms. The molecule has 1 aromatic rings. The van der Waals surface area contributed by atoms with Gasteiger partial charge in [-0.15, -0.1) is 0 Å². The van der Waals surface area contributed by atoms with Crippen LogP contribution in [0.25, 0.3) is 0 Å². The minimum Gasteiger partial charge on any atom is -0.339 e. The van der Waals surface area contributed by atoms with E-state index in [9.17, 15) is 14.0 Å². The molecule has 0 radical (unpaired) electrons. The molecule has 2 aliphatic heterocycles. The standard InChI is InChI=1S/C19H22BrFN2O2/c1-2-18(24)22-10-7-13(8-11-22)19(25)23-9-3-4-17(23)14-5-6-15(20)16(21)12-14/h2,5-6,12-13,17H,1,3-4,7-11H2. The van der Waals surface area contributed by atoms with Gasteiger partial charge in [0.05, 0.1) is 10.5 Å². The lowest BCUT2D eigenvalue weighted by molar-refractivity contribution is -0.140. The van der Waals surface area contributed by atoms with E-state index in [1.165, 1.54) is 12.1 Å². The topological polar surface area (TPSA) is 40.6 Å². The molecule has 2 aliphatic rings. The van der Waals surface area contributed by atoms with Crippen LogP contribution in [-0.2, 0) is 9.59 Å². The molecular formula is C19H22BrFN2O2. The number of hydrogen-bond acceptors (Lipinski definition) is 2. The van der Waals surface area contributed by atoms with Crippen molar-refractivity contribution in [2.75, 3.05) is 19.6 Å². The number of carbonyl (C=O) groups excluding carboxylic acids is 2. The van der Waals surface area contributed by atoms with Crippen molar-refractivity contribution >= 4 is 27.7 Å². The first-order chi connectivity index (χ1) is 12.0. The van der Waals surface area contributed by atoms with Gasteiger partial charge < -0.3 is 9.80 Å². The molecule has 2 amide bonds. The largest absolute Gasteiger partial charge is 0.339 e. The van der Waals surface area contributed by atoms with Crippen LogP contribution < -0.4 is 0 Å². The second kappa shape index (κ2) is 7.68. The van der Waals surface area contributed by atoms with Crippen LogP contribution in [-0.4, -0.2) is 41.2 Å². The van der Waals surface area contributed by atoms with Crippen LogP contribution in [0, 0.1) is 11.7 Å². The van der Waals surface area contributed by atoms with Gasteiger partial charge in [0.1, 0.15) is 5.82 Å². The maximum atomic E-state index is 13.9. The molecular weight excluding hydrogens is 387 g/mol. The Balaban J connectivity index is 1.68. The zero-order valence-corrected chi connectivity index (χ0v) is 15.7. The van der Waals surface area contributed by atoms with Crippen LogP contribution in [0.15, 0.2) is 35.3 Å². The summed E-state index contributed by atoms with van der Waals surface area (Å²) in [6, 6.07) is 5.05. The molecule has 0 spiro atoms. The van der Waals surface area contributed by atoms with Gasteiger partial charge in [-0.3, -0.25) is 9.59 Å². The van der Waals surface area contributed by atoms with Crippen LogP contribution in [0.3, 0.4) is 0 Å². The third kappa shape index (κ3) is 3.78. The molecule has 0 saturated carbocycles. The summed E-state index contributed by atoms with van der Waals surface area (Å²) in [7, 11) is 0. The first-order valence-electron chi connectivity index (χ1n) is 8.68. The van der Waals surface area contributed by atoms with Crippen LogP contribution >= 0.6 is 15.9 Å². The first-order valence-corrected chi connectivity index (χ1v) is 9.47. The molecule has 0 bridgehead atoms. The monoisotopic (exact) mass is 408 g/mol. The van der Waals surface area contributed by atoms with Crippen molar-refractivity contribution in [1.82, 2.24) is 9.80 Å². The minimum atomic E-state index is -0.298. The summed E-state index contributed by atoms with van der Waals surface area (Å²) in [6.07, 6.45) is 4.47. The summed E-state index contributed by atoms with van der Waals surface area (Å²) in [5.74, 6) is -0.297. The third-order valence-electron chi connectivity index (χ3n) is 5.19. The molecule has 2 fully saturated rings. The van der Waals surface area contributed by atoms with Crippen molar-refractivity contribution in [2.45, 2.75) is 31.7 Å². The van der Waals surface area contributed by atoms with Crippen molar-refractivity contribution < 1.29 is 14.0 Å². The number of halogens is 2. The second-order valence-corrected chi connectivity index (χ2v) is 7.52. The van der Waals surface area contributed by atoms with E-state index >= 15 is 0 Å². The maximum Gasteiger partial charge on any atom is 0.245 e. The molecule has 1 unspecified atom stereocenters. The van der Waals surface area contributed by atoms with Crippen molar-refractivity contribution in [3.8, 4) is 0 Å². The third-order valence-corrected chi connectivity index (χ3v) is 5.84. The second-order valence-electron chi connectivity index (χ2n) is 6.67. The van der Waals surface area contributed by atoms with Crippen molar-refractivity contribution in [3.63, 3.8) is 0 Å². The summed E-state index contributed by atoms with van der Waals surface area (Å²) in [5.41, 5.74) is 0.853. The van der Waals surface area contributed by atoms with Gasteiger partial charge in [-0.2, -0.15) is 0 Å². The normalized spacial score (nSPS) is 21.4. The molecule has 1 atom stereocenters. The zero-order chi connectivity index (χ0) is 18.0. The summed E-state index contributed by atoms with van der Waals surface area (Å²) < 4.78 is 14.3. The highest BCUT2D eigenvalue weighted by molar-refractivity contribution is 9.10. The van der Waals surface area contributed by atoms with Crippen LogP contribution in [0.1, 0.15) is 37.3 Å². The fraction of sp³-hybridized carbons (Fsp3) is 0.474. The van der Waals surface area contributed by atoms with Crippen LogP contribution in [0.4, 0.5) is 4.39 Å². The van der Waals surface area contributed by atoms with E-state index in [-0.39, 0.29) is 29.6 Å². The van der Waals surface area contributed by atoms with Gasteiger partial charge >= 0.3 is 0 Å². The number of nitrogens with zero attached hydrogens (tertiary/aromatic N) is 2. The Morgan fingerprint density at radius 3 is 2.56 bits per heavy atom. The number of piperidine rings is 1. The van der Waals surface area contributed by atoms with Gasteiger partial charge in [0.25, 0.3) is 0 Å². The molecule has 4 nitrogen and oxygen atoms in total. The van der Waals surface area contributed by atoms with E-state index < -0.39 is 0 Å². The fourth-order valence-corrected chi connectivity index (χ4v) is 4.05. The predicted molar refractivity (Wildman–Crippen MR) is 97.3 cm³/mol. The molecule has 3 rings (SSSR count). The highest BCUT2D eigenvalue weighted by atomic mass is 79.9. The minimum absolute atomic E-state index is 0.0528. The highest BCUT2D eigenvalue weighted by Gasteiger charge is 2.36. The van der Waals surface area contributed by atoms with Gasteiger partial charge in [0.15, 0.2) is 0 Å². The van der Waals surface area contributed by atoms with Gasteiger partial charge in [-0.1, -0.05) is 12.6 Å². The molecule has 0 N–H and O–H groups in total. The maximum absolute atomic E-state index is 13.9. The molecule has 0 aromatic heterocycles. The van der Waals surface area contributed by atoms with E-state index in [1.54, 1.807) is 11.0 Å². The number of benzene rings is 1. The molecule has 1 aromatic carbocycles. The zero-order valence-electron chi connectivity index (χ0n) is 14.1. The Labute approximate surface area is 155 Å². The van der Waals surface area contributed by atoms with Crippen LogP contribution in [0.5, 0.6) is 0 Å². The summed E-state index contributed by atoms with van der Waals surface area (Å²) in [5, 5.41) is 0. The molecule has 134 valence electrons. The van der Waals surface area contributed by atoms with E-state index in [0.717, 1.165) is 18.4 Å². The van der Waals surface area contributed by atoms with E-state index in [1.807, 2.05) is 11.0 Å². The SMILES string of the molecule is C=CC(=O)N1CCC(C(=O)N2CCCC2c2ccc(Br)c(F)c2)CC1. The van der Waals surface area contributed by atoms with E-state index in [0.29, 0.717) is 36.9 Å². The van der Waals surface area contributed by atoms with E-state index in [2.05, 4.69) is 22.5 Å². The van der Waals surface area contributed by atoms with Crippen molar-refractivity contribution in [1.29, 1.82) is 0 Å². The Kier molecular flexibility index (Phi) is 5.57. The van der Waals surface area contributed by atoms with E-state index in [4.69, 9.17) is 0 Å². The Bertz CT molecular complexity index is 686. The van der Waals surface area contributed by atoms with Crippen LogP contribution in [0.2, 0.25) is 0 Å². The van der Waals surface area contributed by atoms with Crippen molar-refractivity contribution in [2.24, 2.45) is 5.92 Å². The molecule has 2 heterocycles. The lowest BCUT2D eigenvalue weighted by atomic mass is 9.94. The summed E-state index contributed by atoms with van der Waals surface area (Å²) in [6.45, 7) is 5.40. The average Bonchev–Trinajstić information content (AvgIpc) is 3.12. The Morgan fingerprint density at radius 2 is 1.92 bits per heavy atom. The van der Waals surface area contributed by atoms with Crippen molar-refractivity contribution in [3.05, 3.63) is 46.7 Å². The average molecular weight is 409 g/mol. The molecule has 2 saturated heterocycles. The number of hydrogen-bond donors (Lipinski definition) is 0. The lowest BCUT2D eigenvalue weighted by Gasteiger charge is -2.34. The number of likely N-dealkylation sites (tertiary alicyclic amines) is 2. The number of amides is 2. The molecule has 0 aliphatic carbocycles. The number of carbonyl (C=O) groups is 2. The molecule has 25 heavy (non-hydrogen) atoms. The lowest BCUT2D eigenvalue weighted by Crippen LogP contribution is -2.43. The summed E-state index contributed by atoms with van der Waals surface area (Å²) in [4.78, 5) is 28.3. The summed E-state index contributed by atoms with van der Waals surface area (Å²) >= 11 is 3.17. The number of rotatable bonds is 3. The Hall–Kier alpha value is -1.69. The van der Waals surface area contributed by atoms with Gasteiger partial charge in [0, 0.05) is 25.6 Å². The van der Waals surface area contributed by atoms with Gasteiger partial charge in [-0.05, 0) is 65.4 Å². The quantitative estimate of drug-likeness (QED) is 0.715. The predicted octanol–water partition coefficient (Wildman–Crippen LogP) is 3.68. The Morgan fingerprint density at radius 1 is 1.20 bits per heavy atom. The van der Waals surface area contributed by atoms with Gasteiger partial charge in [0.2, 0.25) is 11.8 Å².